The van der Waals surface area contributed by atoms with Crippen molar-refractivity contribution in [2.75, 3.05) is 18.5 Å². The molecule has 0 spiro atoms. The molecule has 0 atom stereocenters. The molecule has 58 valence electrons. The first-order chi connectivity index (χ1) is 5.24. The Hall–Kier alpha value is -1.63. The van der Waals surface area contributed by atoms with E-state index in [1.165, 1.54) is 6.07 Å². The fraction of sp³-hybridized carbons (Fsp3) is 0.286. The third-order valence-corrected chi connectivity index (χ3v) is 1.25. The molecule has 0 aliphatic carbocycles. The van der Waals surface area contributed by atoms with Gasteiger partial charge in [0.2, 0.25) is 0 Å². The maximum atomic E-state index is 10.5. The molecule has 0 aromatic carbocycles. The van der Waals surface area contributed by atoms with E-state index < -0.39 is 5.63 Å². The molecule has 1 aromatic heterocycles. The van der Waals surface area contributed by atoms with Crippen LogP contribution in [0.25, 0.3) is 0 Å². The highest BCUT2D eigenvalue weighted by Gasteiger charge is 2.01. The molecular weight excluding hydrogens is 144 g/mol. The summed E-state index contributed by atoms with van der Waals surface area (Å²) in [6.07, 6.45) is 5.06. The van der Waals surface area contributed by atoms with E-state index in [1.807, 2.05) is 0 Å². The van der Waals surface area contributed by atoms with Gasteiger partial charge in [-0.1, -0.05) is 5.92 Å². The Morgan fingerprint density at radius 3 is 3.09 bits per heavy atom. The number of nitrogens with one attached hydrogen (secondary N) is 1. The zero-order valence-corrected chi connectivity index (χ0v) is 6.13. The number of H-pyrrole nitrogens is 1. The van der Waals surface area contributed by atoms with E-state index in [4.69, 9.17) is 6.42 Å². The number of aromatic nitrogens is 1. The lowest BCUT2D eigenvalue weighted by atomic mass is 10.5. The van der Waals surface area contributed by atoms with E-state index in [0.29, 0.717) is 12.4 Å². The van der Waals surface area contributed by atoms with Gasteiger partial charge in [0.05, 0.1) is 12.6 Å². The van der Waals surface area contributed by atoms with Crippen LogP contribution in [0.5, 0.6) is 0 Å². The molecule has 0 saturated carbocycles. The van der Waals surface area contributed by atoms with Crippen LogP contribution in [0.3, 0.4) is 0 Å². The lowest BCUT2D eigenvalue weighted by Crippen LogP contribution is -2.17. The average molecular weight is 152 g/mol. The van der Waals surface area contributed by atoms with E-state index in [9.17, 15) is 4.79 Å². The highest BCUT2D eigenvalue weighted by Crippen LogP contribution is 2.02. The third-order valence-electron chi connectivity index (χ3n) is 1.25. The standard InChI is InChI=1S/C7H8N2O2/c1-3-4-9(2)6-5-7(10)11-8-6/h1,5,8H,4H2,2H3. The highest BCUT2D eigenvalue weighted by atomic mass is 16.5. The Morgan fingerprint density at radius 1 is 1.91 bits per heavy atom. The average Bonchev–Trinajstić information content (AvgIpc) is 2.36. The molecule has 0 saturated heterocycles. The molecule has 0 radical (unpaired) electrons. The SMILES string of the molecule is C#CCN(C)c1cc(=O)o[nH]1. The molecule has 0 amide bonds. The molecule has 1 rings (SSSR count). The monoisotopic (exact) mass is 152 g/mol. The minimum absolute atomic E-state index is 0.399. The maximum absolute atomic E-state index is 10.5. The number of terminal acetylenes is 1. The molecule has 11 heavy (non-hydrogen) atoms. The van der Waals surface area contributed by atoms with Gasteiger partial charge in [0, 0.05) is 7.05 Å². The highest BCUT2D eigenvalue weighted by molar-refractivity contribution is 5.35. The number of hydrogen-bond acceptors (Lipinski definition) is 3. The van der Waals surface area contributed by atoms with Gasteiger partial charge in [-0.05, 0) is 0 Å². The fourth-order valence-corrected chi connectivity index (χ4v) is 0.683. The van der Waals surface area contributed by atoms with Gasteiger partial charge in [-0.15, -0.1) is 6.42 Å². The zero-order chi connectivity index (χ0) is 8.27. The number of rotatable bonds is 2. The number of hydrogen-bond donors (Lipinski definition) is 1. The minimum Gasteiger partial charge on any atom is -0.348 e. The van der Waals surface area contributed by atoms with Gasteiger partial charge in [-0.2, -0.15) is 0 Å². The van der Waals surface area contributed by atoms with Crippen molar-refractivity contribution in [2.45, 2.75) is 0 Å². The first-order valence-corrected chi connectivity index (χ1v) is 3.07. The summed E-state index contributed by atoms with van der Waals surface area (Å²) in [6, 6.07) is 1.34. The van der Waals surface area contributed by atoms with Crippen molar-refractivity contribution < 1.29 is 4.52 Å². The van der Waals surface area contributed by atoms with E-state index in [1.54, 1.807) is 11.9 Å². The van der Waals surface area contributed by atoms with Gasteiger partial charge in [-0.25, -0.2) is 9.95 Å². The second-order valence-electron chi connectivity index (χ2n) is 2.11. The largest absolute Gasteiger partial charge is 0.359 e. The lowest BCUT2D eigenvalue weighted by Gasteiger charge is -2.10. The van der Waals surface area contributed by atoms with Crippen molar-refractivity contribution in [1.82, 2.24) is 5.16 Å². The number of aromatic amines is 1. The van der Waals surface area contributed by atoms with Crippen molar-refractivity contribution in [3.63, 3.8) is 0 Å². The van der Waals surface area contributed by atoms with Gasteiger partial charge in [0.15, 0.2) is 0 Å². The molecule has 1 heterocycles. The molecule has 1 N–H and O–H groups in total. The summed E-state index contributed by atoms with van der Waals surface area (Å²) in [4.78, 5) is 12.2. The van der Waals surface area contributed by atoms with Crippen LogP contribution in [0.4, 0.5) is 5.82 Å². The summed E-state index contributed by atoms with van der Waals surface area (Å²) in [7, 11) is 1.76. The van der Waals surface area contributed by atoms with Crippen LogP contribution >= 0.6 is 0 Å². The maximum Gasteiger partial charge on any atom is 0.359 e. The molecule has 0 aliphatic heterocycles. The van der Waals surface area contributed by atoms with Crippen molar-refractivity contribution in [2.24, 2.45) is 0 Å². The van der Waals surface area contributed by atoms with Gasteiger partial charge in [0.25, 0.3) is 0 Å². The topological polar surface area (TPSA) is 49.2 Å². The molecule has 1 aromatic rings. The van der Waals surface area contributed by atoms with Gasteiger partial charge in [-0.3, -0.25) is 0 Å². The first-order valence-electron chi connectivity index (χ1n) is 3.07. The Balaban J connectivity index is 2.78. The molecule has 4 heteroatoms. The minimum atomic E-state index is -0.399. The third kappa shape index (κ3) is 1.64. The normalized spacial score (nSPS) is 9.09. The Kier molecular flexibility index (Phi) is 2.02. The van der Waals surface area contributed by atoms with Crippen LogP contribution in [-0.4, -0.2) is 18.7 Å². The molecule has 0 bridgehead atoms. The summed E-state index contributed by atoms with van der Waals surface area (Å²) in [6.45, 7) is 0.440. The predicted molar refractivity (Wildman–Crippen MR) is 41.4 cm³/mol. The van der Waals surface area contributed by atoms with Crippen LogP contribution in [0.15, 0.2) is 15.4 Å². The first kappa shape index (κ1) is 7.48. The molecular formula is C7H8N2O2. The van der Waals surface area contributed by atoms with Crippen LogP contribution < -0.4 is 10.5 Å². The van der Waals surface area contributed by atoms with E-state index in [-0.39, 0.29) is 0 Å². The van der Waals surface area contributed by atoms with Gasteiger partial charge in [0.1, 0.15) is 5.82 Å². The molecule has 4 nitrogen and oxygen atoms in total. The van der Waals surface area contributed by atoms with Crippen molar-refractivity contribution in [1.29, 1.82) is 0 Å². The summed E-state index contributed by atoms with van der Waals surface area (Å²) < 4.78 is 4.44. The Morgan fingerprint density at radius 2 is 2.64 bits per heavy atom. The summed E-state index contributed by atoms with van der Waals surface area (Å²) in [5, 5.41) is 2.43. The Bertz CT molecular complexity index is 318. The van der Waals surface area contributed by atoms with E-state index in [2.05, 4.69) is 15.6 Å². The van der Waals surface area contributed by atoms with Crippen LogP contribution in [-0.2, 0) is 0 Å². The van der Waals surface area contributed by atoms with Crippen LogP contribution in [0.1, 0.15) is 0 Å². The summed E-state index contributed by atoms with van der Waals surface area (Å²) in [5.41, 5.74) is -0.399. The number of anilines is 1. The number of nitrogens with zero attached hydrogens (tertiary/aromatic N) is 1. The van der Waals surface area contributed by atoms with E-state index >= 15 is 0 Å². The van der Waals surface area contributed by atoms with Crippen molar-refractivity contribution >= 4 is 5.82 Å². The van der Waals surface area contributed by atoms with Crippen molar-refractivity contribution in [3.05, 3.63) is 16.5 Å². The van der Waals surface area contributed by atoms with Crippen LogP contribution in [0, 0.1) is 12.3 Å². The van der Waals surface area contributed by atoms with Gasteiger partial charge >= 0.3 is 5.63 Å². The summed E-state index contributed by atoms with van der Waals surface area (Å²) in [5.74, 6) is 3.03. The summed E-state index contributed by atoms with van der Waals surface area (Å²) >= 11 is 0. The predicted octanol–water partition coefficient (Wildman–Crippen LogP) is 0.0373. The smallest absolute Gasteiger partial charge is 0.348 e. The fourth-order valence-electron chi connectivity index (χ4n) is 0.683. The van der Waals surface area contributed by atoms with Crippen LogP contribution in [0.2, 0.25) is 0 Å². The zero-order valence-electron chi connectivity index (χ0n) is 6.13. The van der Waals surface area contributed by atoms with E-state index in [0.717, 1.165) is 0 Å². The molecule has 0 unspecified atom stereocenters. The van der Waals surface area contributed by atoms with Crippen molar-refractivity contribution in [3.8, 4) is 12.3 Å². The Labute approximate surface area is 63.8 Å². The lowest BCUT2D eigenvalue weighted by molar-refractivity contribution is 0.392. The quantitative estimate of drug-likeness (QED) is 0.608. The molecule has 0 fully saturated rings. The second-order valence-corrected chi connectivity index (χ2v) is 2.11. The van der Waals surface area contributed by atoms with Gasteiger partial charge < -0.3 is 9.42 Å². The molecule has 0 aliphatic rings. The second kappa shape index (κ2) is 2.97.